The van der Waals surface area contributed by atoms with Crippen molar-refractivity contribution in [2.45, 2.75) is 6.54 Å². The molecule has 2 heterocycles. The number of aromatic amines is 1. The third-order valence-electron chi connectivity index (χ3n) is 4.16. The van der Waals surface area contributed by atoms with Crippen LogP contribution in [0.5, 0.6) is 0 Å². The molecule has 116 valence electrons. The number of hydrogen-bond donors (Lipinski definition) is 2. The summed E-state index contributed by atoms with van der Waals surface area (Å²) in [5.41, 5.74) is 10.4. The van der Waals surface area contributed by atoms with Crippen LogP contribution in [0.15, 0.2) is 60.8 Å². The number of nitrogens with zero attached hydrogens (tertiary/aromatic N) is 3. The number of H-pyrrole nitrogens is 1. The fourth-order valence-corrected chi connectivity index (χ4v) is 2.93. The second-order valence-corrected chi connectivity index (χ2v) is 5.69. The zero-order valence-electron chi connectivity index (χ0n) is 12.9. The maximum Gasteiger partial charge on any atom is 0.145 e. The summed E-state index contributed by atoms with van der Waals surface area (Å²) in [6.45, 7) is 0.655. The molecule has 0 aliphatic rings. The molecule has 0 saturated carbocycles. The highest BCUT2D eigenvalue weighted by Gasteiger charge is 2.08. The van der Waals surface area contributed by atoms with Crippen LogP contribution >= 0.6 is 0 Å². The zero-order valence-corrected chi connectivity index (χ0v) is 12.9. The number of fused-ring (bicyclic) bond motifs is 1. The quantitative estimate of drug-likeness (QED) is 0.607. The molecule has 5 heteroatoms. The molecule has 2 aromatic heterocycles. The van der Waals surface area contributed by atoms with Gasteiger partial charge in [0.1, 0.15) is 5.82 Å². The van der Waals surface area contributed by atoms with Crippen LogP contribution in [0.25, 0.3) is 22.2 Å². The zero-order chi connectivity index (χ0) is 16.5. The van der Waals surface area contributed by atoms with Crippen LogP contribution in [0.3, 0.4) is 0 Å². The van der Waals surface area contributed by atoms with E-state index >= 15 is 0 Å². The standard InChI is InChI=1S/C19H15N5/c20-11-15-3-1-2-4-16(15)12-24-8-7-13-5-6-14(9-18(13)24)17-10-19(21)23-22-17/h1-10H,12H2,(H3,21,22,23). The number of nitrogen functional groups attached to an aromatic ring is 1. The Labute approximate surface area is 139 Å². The van der Waals surface area contributed by atoms with Gasteiger partial charge in [0.2, 0.25) is 0 Å². The number of nitrogens with two attached hydrogens (primary N) is 1. The Morgan fingerprint density at radius 1 is 1.12 bits per heavy atom. The van der Waals surface area contributed by atoms with Crippen molar-refractivity contribution in [1.29, 1.82) is 5.26 Å². The van der Waals surface area contributed by atoms with Crippen LogP contribution in [-0.2, 0) is 6.54 Å². The minimum Gasteiger partial charge on any atom is -0.382 e. The lowest BCUT2D eigenvalue weighted by Gasteiger charge is -2.08. The van der Waals surface area contributed by atoms with Gasteiger partial charge in [-0.2, -0.15) is 10.4 Å². The van der Waals surface area contributed by atoms with Crippen molar-refractivity contribution in [3.05, 3.63) is 71.9 Å². The number of hydrogen-bond acceptors (Lipinski definition) is 3. The van der Waals surface area contributed by atoms with E-state index in [-0.39, 0.29) is 0 Å². The fraction of sp³-hybridized carbons (Fsp3) is 0.0526. The van der Waals surface area contributed by atoms with E-state index in [1.807, 2.05) is 42.6 Å². The number of nitriles is 1. The maximum atomic E-state index is 9.27. The number of benzene rings is 2. The summed E-state index contributed by atoms with van der Waals surface area (Å²) in [5.74, 6) is 0.475. The molecule has 2 aromatic carbocycles. The van der Waals surface area contributed by atoms with Crippen molar-refractivity contribution >= 4 is 16.7 Å². The van der Waals surface area contributed by atoms with Gasteiger partial charge in [-0.15, -0.1) is 0 Å². The molecular weight excluding hydrogens is 298 g/mol. The fourth-order valence-electron chi connectivity index (χ4n) is 2.93. The van der Waals surface area contributed by atoms with Gasteiger partial charge in [0, 0.05) is 29.9 Å². The van der Waals surface area contributed by atoms with Crippen LogP contribution in [0.2, 0.25) is 0 Å². The van der Waals surface area contributed by atoms with Crippen molar-refractivity contribution in [2.24, 2.45) is 0 Å². The summed E-state index contributed by atoms with van der Waals surface area (Å²) in [6.07, 6.45) is 2.05. The second kappa shape index (κ2) is 5.60. The first-order valence-electron chi connectivity index (χ1n) is 7.63. The van der Waals surface area contributed by atoms with E-state index in [0.29, 0.717) is 17.9 Å². The van der Waals surface area contributed by atoms with Gasteiger partial charge in [-0.1, -0.05) is 30.3 Å². The van der Waals surface area contributed by atoms with Gasteiger partial charge in [0.25, 0.3) is 0 Å². The molecule has 0 unspecified atom stereocenters. The highest BCUT2D eigenvalue weighted by molar-refractivity contribution is 5.85. The lowest BCUT2D eigenvalue weighted by atomic mass is 10.1. The van der Waals surface area contributed by atoms with Crippen LogP contribution in [0, 0.1) is 11.3 Å². The first-order valence-corrected chi connectivity index (χ1v) is 7.63. The number of aromatic nitrogens is 3. The van der Waals surface area contributed by atoms with Gasteiger partial charge in [-0.3, -0.25) is 5.10 Å². The molecule has 0 bridgehead atoms. The summed E-state index contributed by atoms with van der Waals surface area (Å²) in [4.78, 5) is 0. The number of anilines is 1. The normalized spacial score (nSPS) is 10.8. The van der Waals surface area contributed by atoms with E-state index in [1.165, 1.54) is 0 Å². The number of nitrogens with one attached hydrogen (secondary N) is 1. The molecule has 0 aliphatic carbocycles. The van der Waals surface area contributed by atoms with Crippen LogP contribution in [-0.4, -0.2) is 14.8 Å². The molecule has 0 amide bonds. The summed E-state index contributed by atoms with van der Waals surface area (Å²) in [5, 5.41) is 17.3. The largest absolute Gasteiger partial charge is 0.382 e. The SMILES string of the molecule is N#Cc1ccccc1Cn1ccc2ccc(-c3cc(N)n[nH]3)cc21. The lowest BCUT2D eigenvalue weighted by molar-refractivity contribution is 0.834. The second-order valence-electron chi connectivity index (χ2n) is 5.69. The van der Waals surface area contributed by atoms with Crippen molar-refractivity contribution in [1.82, 2.24) is 14.8 Å². The molecule has 0 spiro atoms. The molecule has 0 saturated heterocycles. The molecule has 3 N–H and O–H groups in total. The Bertz CT molecular complexity index is 1060. The van der Waals surface area contributed by atoms with E-state index in [0.717, 1.165) is 27.7 Å². The minimum absolute atomic E-state index is 0.475. The molecule has 4 rings (SSSR count). The maximum absolute atomic E-state index is 9.27. The molecule has 0 fully saturated rings. The highest BCUT2D eigenvalue weighted by Crippen LogP contribution is 2.25. The summed E-state index contributed by atoms with van der Waals surface area (Å²) >= 11 is 0. The molecule has 0 atom stereocenters. The Kier molecular flexibility index (Phi) is 3.29. The van der Waals surface area contributed by atoms with Crippen molar-refractivity contribution < 1.29 is 0 Å². The van der Waals surface area contributed by atoms with E-state index in [1.54, 1.807) is 0 Å². The molecule has 24 heavy (non-hydrogen) atoms. The lowest BCUT2D eigenvalue weighted by Crippen LogP contribution is -2.00. The van der Waals surface area contributed by atoms with Gasteiger partial charge in [-0.05, 0) is 29.1 Å². The first-order chi connectivity index (χ1) is 11.7. The summed E-state index contributed by atoms with van der Waals surface area (Å²) in [6, 6.07) is 20.1. The van der Waals surface area contributed by atoms with Gasteiger partial charge in [0.15, 0.2) is 0 Å². The average Bonchev–Trinajstić information content (AvgIpc) is 3.21. The predicted molar refractivity (Wildman–Crippen MR) is 94.2 cm³/mol. The van der Waals surface area contributed by atoms with E-state index < -0.39 is 0 Å². The Morgan fingerprint density at radius 2 is 2.00 bits per heavy atom. The Hall–Kier alpha value is -3.52. The monoisotopic (exact) mass is 313 g/mol. The van der Waals surface area contributed by atoms with Gasteiger partial charge < -0.3 is 10.3 Å². The van der Waals surface area contributed by atoms with Gasteiger partial charge >= 0.3 is 0 Å². The third-order valence-corrected chi connectivity index (χ3v) is 4.16. The minimum atomic E-state index is 0.475. The van der Waals surface area contributed by atoms with Crippen molar-refractivity contribution in [3.63, 3.8) is 0 Å². The topological polar surface area (TPSA) is 83.4 Å². The Balaban J connectivity index is 1.78. The molecule has 5 nitrogen and oxygen atoms in total. The van der Waals surface area contributed by atoms with E-state index in [4.69, 9.17) is 5.73 Å². The first kappa shape index (κ1) is 14.1. The molecule has 0 aliphatic heterocycles. The van der Waals surface area contributed by atoms with Crippen LogP contribution in [0.1, 0.15) is 11.1 Å². The van der Waals surface area contributed by atoms with Crippen molar-refractivity contribution in [2.75, 3.05) is 5.73 Å². The smallest absolute Gasteiger partial charge is 0.145 e. The van der Waals surface area contributed by atoms with Crippen LogP contribution < -0.4 is 5.73 Å². The number of rotatable bonds is 3. The molecular formula is C19H15N5. The average molecular weight is 313 g/mol. The predicted octanol–water partition coefficient (Wildman–Crippen LogP) is 3.53. The van der Waals surface area contributed by atoms with Gasteiger partial charge in [0.05, 0.1) is 17.3 Å². The van der Waals surface area contributed by atoms with Gasteiger partial charge in [-0.25, -0.2) is 0 Å². The highest BCUT2D eigenvalue weighted by atomic mass is 15.2. The van der Waals surface area contributed by atoms with E-state index in [9.17, 15) is 5.26 Å². The third kappa shape index (κ3) is 2.40. The van der Waals surface area contributed by atoms with E-state index in [2.05, 4.69) is 39.0 Å². The molecule has 0 radical (unpaired) electrons. The Morgan fingerprint density at radius 3 is 2.79 bits per heavy atom. The summed E-state index contributed by atoms with van der Waals surface area (Å²) in [7, 11) is 0. The summed E-state index contributed by atoms with van der Waals surface area (Å²) < 4.78 is 2.15. The van der Waals surface area contributed by atoms with Crippen LogP contribution in [0.4, 0.5) is 5.82 Å². The van der Waals surface area contributed by atoms with Crippen molar-refractivity contribution in [3.8, 4) is 17.3 Å². The molecule has 4 aromatic rings.